The van der Waals surface area contributed by atoms with Crippen molar-refractivity contribution in [3.05, 3.63) is 39.7 Å². The quantitative estimate of drug-likeness (QED) is 0.473. The van der Waals surface area contributed by atoms with Gasteiger partial charge in [0, 0.05) is 24.0 Å². The summed E-state index contributed by atoms with van der Waals surface area (Å²) in [5.41, 5.74) is -0.538. The van der Waals surface area contributed by atoms with E-state index in [1.165, 1.54) is 0 Å². The van der Waals surface area contributed by atoms with Gasteiger partial charge in [-0.05, 0) is 25.0 Å². The van der Waals surface area contributed by atoms with Gasteiger partial charge in [-0.1, -0.05) is 15.9 Å². The van der Waals surface area contributed by atoms with Crippen LogP contribution in [0.25, 0.3) is 0 Å². The van der Waals surface area contributed by atoms with E-state index in [2.05, 4.69) is 15.9 Å². The van der Waals surface area contributed by atoms with E-state index < -0.39 is 16.6 Å². The van der Waals surface area contributed by atoms with Gasteiger partial charge in [-0.3, -0.25) is 14.9 Å². The number of halogens is 2. The molecule has 1 aliphatic carbocycles. The molecular weight excluding hydrogens is 319 g/mol. The van der Waals surface area contributed by atoms with Crippen molar-refractivity contribution in [2.24, 2.45) is 0 Å². The highest BCUT2D eigenvalue weighted by Crippen LogP contribution is 2.30. The topological polar surface area (TPSA) is 63.4 Å². The number of amides is 1. The van der Waals surface area contributed by atoms with E-state index in [1.807, 2.05) is 0 Å². The second kappa shape index (κ2) is 5.64. The molecule has 1 aromatic rings. The molecule has 2 rings (SSSR count). The Morgan fingerprint density at radius 1 is 1.53 bits per heavy atom. The zero-order valence-electron chi connectivity index (χ0n) is 10.0. The minimum Gasteiger partial charge on any atom is -0.335 e. The van der Waals surface area contributed by atoms with Crippen LogP contribution in [0.5, 0.6) is 0 Å². The molecular formula is C12H12BrFN2O3. The Balaban J connectivity index is 2.35. The summed E-state index contributed by atoms with van der Waals surface area (Å²) in [5, 5.41) is 11.5. The molecule has 7 heteroatoms. The summed E-state index contributed by atoms with van der Waals surface area (Å²) < 4.78 is 13.2. The lowest BCUT2D eigenvalue weighted by Crippen LogP contribution is -2.35. The number of nitro benzene ring substituents is 1. The normalized spacial score (nSPS) is 14.2. The van der Waals surface area contributed by atoms with Crippen LogP contribution in [0.15, 0.2) is 18.2 Å². The average molecular weight is 331 g/mol. The van der Waals surface area contributed by atoms with E-state index in [1.54, 1.807) is 4.90 Å². The molecule has 0 radical (unpaired) electrons. The molecule has 102 valence electrons. The van der Waals surface area contributed by atoms with Crippen molar-refractivity contribution in [3.63, 3.8) is 0 Å². The van der Waals surface area contributed by atoms with Crippen LogP contribution in [0.2, 0.25) is 0 Å². The van der Waals surface area contributed by atoms with Gasteiger partial charge in [-0.25, -0.2) is 4.39 Å². The van der Waals surface area contributed by atoms with Crippen LogP contribution in [0, 0.1) is 15.9 Å². The van der Waals surface area contributed by atoms with Gasteiger partial charge in [-0.15, -0.1) is 0 Å². The molecule has 5 nitrogen and oxygen atoms in total. The molecule has 1 aliphatic rings. The fourth-order valence-electron chi connectivity index (χ4n) is 1.92. The lowest BCUT2D eigenvalue weighted by Gasteiger charge is -2.21. The molecule has 0 aromatic heterocycles. The van der Waals surface area contributed by atoms with Crippen LogP contribution in [0.1, 0.15) is 23.2 Å². The van der Waals surface area contributed by atoms with Crippen molar-refractivity contribution in [2.75, 3.05) is 11.9 Å². The van der Waals surface area contributed by atoms with E-state index in [9.17, 15) is 19.3 Å². The summed E-state index contributed by atoms with van der Waals surface area (Å²) in [4.78, 5) is 24.1. The first-order valence-corrected chi connectivity index (χ1v) is 6.97. The summed E-state index contributed by atoms with van der Waals surface area (Å²) in [5.74, 6) is -1.13. The third-order valence-electron chi connectivity index (χ3n) is 2.96. The van der Waals surface area contributed by atoms with Crippen LogP contribution < -0.4 is 0 Å². The van der Waals surface area contributed by atoms with Gasteiger partial charge in [0.25, 0.3) is 11.6 Å². The molecule has 0 heterocycles. The van der Waals surface area contributed by atoms with Crippen LogP contribution in [0.3, 0.4) is 0 Å². The zero-order valence-corrected chi connectivity index (χ0v) is 11.6. The van der Waals surface area contributed by atoms with Crippen LogP contribution in [0.4, 0.5) is 10.1 Å². The number of carbonyl (C=O) groups is 1. The Morgan fingerprint density at radius 3 is 2.74 bits per heavy atom. The highest BCUT2D eigenvalue weighted by molar-refractivity contribution is 9.09. The third kappa shape index (κ3) is 3.09. The maximum Gasteiger partial charge on any atom is 0.282 e. The van der Waals surface area contributed by atoms with Gasteiger partial charge in [0.05, 0.1) is 4.92 Å². The predicted molar refractivity (Wildman–Crippen MR) is 70.9 cm³/mol. The number of rotatable bonds is 5. The smallest absolute Gasteiger partial charge is 0.282 e. The zero-order chi connectivity index (χ0) is 14.0. The number of nitrogens with zero attached hydrogens (tertiary/aromatic N) is 2. The largest absolute Gasteiger partial charge is 0.335 e. The lowest BCUT2D eigenvalue weighted by atomic mass is 10.1. The van der Waals surface area contributed by atoms with Gasteiger partial charge >= 0.3 is 0 Å². The molecule has 0 N–H and O–H groups in total. The maximum absolute atomic E-state index is 13.2. The van der Waals surface area contributed by atoms with E-state index >= 15 is 0 Å². The van der Waals surface area contributed by atoms with Crippen molar-refractivity contribution >= 4 is 27.5 Å². The number of nitro groups is 1. The highest BCUT2D eigenvalue weighted by Gasteiger charge is 2.35. The van der Waals surface area contributed by atoms with Crippen molar-refractivity contribution in [2.45, 2.75) is 18.9 Å². The first-order chi connectivity index (χ1) is 9.04. The Morgan fingerprint density at radius 2 is 2.21 bits per heavy atom. The minimum absolute atomic E-state index is 0.118. The number of benzene rings is 1. The monoisotopic (exact) mass is 330 g/mol. The molecule has 0 bridgehead atoms. The molecule has 19 heavy (non-hydrogen) atoms. The highest BCUT2D eigenvalue weighted by atomic mass is 79.9. The summed E-state index contributed by atoms with van der Waals surface area (Å²) >= 11 is 3.25. The number of carbonyl (C=O) groups excluding carboxylic acids is 1. The molecule has 1 saturated carbocycles. The Kier molecular flexibility index (Phi) is 4.14. The lowest BCUT2D eigenvalue weighted by molar-refractivity contribution is -0.385. The van der Waals surface area contributed by atoms with Crippen molar-refractivity contribution < 1.29 is 14.1 Å². The van der Waals surface area contributed by atoms with E-state index in [0.29, 0.717) is 11.9 Å². The summed E-state index contributed by atoms with van der Waals surface area (Å²) in [6.45, 7) is 0.456. The van der Waals surface area contributed by atoms with Crippen LogP contribution in [-0.4, -0.2) is 33.6 Å². The van der Waals surface area contributed by atoms with Gasteiger partial charge < -0.3 is 4.90 Å². The predicted octanol–water partition coefficient (Wildman–Crippen LogP) is 2.73. The number of alkyl halides is 1. The van der Waals surface area contributed by atoms with Crippen molar-refractivity contribution in [1.82, 2.24) is 4.90 Å². The molecule has 1 amide bonds. The van der Waals surface area contributed by atoms with Crippen molar-refractivity contribution in [3.8, 4) is 0 Å². The average Bonchev–Trinajstić information content (AvgIpc) is 3.19. The SMILES string of the molecule is O=C(c1cc(F)ccc1[N+](=O)[O-])N(CCBr)C1CC1. The summed E-state index contributed by atoms with van der Waals surface area (Å²) in [6, 6.07) is 3.07. The van der Waals surface area contributed by atoms with Crippen molar-refractivity contribution in [1.29, 1.82) is 0 Å². The summed E-state index contributed by atoms with van der Waals surface area (Å²) in [7, 11) is 0. The third-order valence-corrected chi connectivity index (χ3v) is 3.31. The standard InChI is InChI=1S/C12H12BrFN2O3/c13-5-6-15(9-2-3-9)12(17)10-7-8(14)1-4-11(10)16(18)19/h1,4,7,9H,2-3,5-6H2. The van der Waals surface area contributed by atoms with Crippen LogP contribution in [-0.2, 0) is 0 Å². The van der Waals surface area contributed by atoms with Gasteiger partial charge in [-0.2, -0.15) is 0 Å². The molecule has 0 aliphatic heterocycles. The summed E-state index contributed by atoms with van der Waals surface area (Å²) in [6.07, 6.45) is 1.78. The van der Waals surface area contributed by atoms with E-state index in [0.717, 1.165) is 31.0 Å². The van der Waals surface area contributed by atoms with Gasteiger partial charge in [0.1, 0.15) is 11.4 Å². The maximum atomic E-state index is 13.2. The molecule has 0 saturated heterocycles. The van der Waals surface area contributed by atoms with Crippen LogP contribution >= 0.6 is 15.9 Å². The Hall–Kier alpha value is -1.50. The first kappa shape index (κ1) is 13.9. The fourth-order valence-corrected chi connectivity index (χ4v) is 2.30. The molecule has 0 spiro atoms. The molecule has 1 aromatic carbocycles. The number of hydrogen-bond donors (Lipinski definition) is 0. The second-order valence-electron chi connectivity index (χ2n) is 4.34. The fraction of sp³-hybridized carbons (Fsp3) is 0.417. The first-order valence-electron chi connectivity index (χ1n) is 5.85. The number of hydrogen-bond acceptors (Lipinski definition) is 3. The van der Waals surface area contributed by atoms with Gasteiger partial charge in [0.15, 0.2) is 0 Å². The molecule has 1 fully saturated rings. The second-order valence-corrected chi connectivity index (χ2v) is 5.13. The molecule has 0 unspecified atom stereocenters. The van der Waals surface area contributed by atoms with E-state index in [-0.39, 0.29) is 17.3 Å². The van der Waals surface area contributed by atoms with E-state index in [4.69, 9.17) is 0 Å². The Labute approximate surface area is 117 Å². The Bertz CT molecular complexity index is 520. The van der Waals surface area contributed by atoms with Gasteiger partial charge in [0.2, 0.25) is 0 Å². The minimum atomic E-state index is -0.661. The molecule has 0 atom stereocenters.